The summed E-state index contributed by atoms with van der Waals surface area (Å²) in [4.78, 5) is 37.3. The number of nitrogens with one attached hydrogen (secondary N) is 1. The molecular formula is C28H28N2O6. The second-order valence-electron chi connectivity index (χ2n) is 8.67. The Balaban J connectivity index is 1.19. The monoisotopic (exact) mass is 488 g/mol. The Morgan fingerprint density at radius 1 is 0.861 bits per heavy atom. The summed E-state index contributed by atoms with van der Waals surface area (Å²) in [6, 6.07) is 22.7. The molecule has 2 N–H and O–H groups in total. The van der Waals surface area contributed by atoms with E-state index in [2.05, 4.69) is 5.32 Å². The molecule has 0 bridgehead atoms. The van der Waals surface area contributed by atoms with Crippen LogP contribution in [0.5, 0.6) is 11.5 Å². The molecule has 1 fully saturated rings. The van der Waals surface area contributed by atoms with Crippen LogP contribution in [0.2, 0.25) is 0 Å². The minimum absolute atomic E-state index is 0.0101. The minimum Gasteiger partial charge on any atom is -0.493 e. The summed E-state index contributed by atoms with van der Waals surface area (Å²) in [5.41, 5.74) is 1.91. The molecule has 0 aliphatic carbocycles. The molecule has 3 aromatic carbocycles. The van der Waals surface area contributed by atoms with E-state index in [0.29, 0.717) is 48.4 Å². The van der Waals surface area contributed by atoms with Gasteiger partial charge in [-0.25, -0.2) is 4.79 Å². The number of carboxylic acids is 1. The highest BCUT2D eigenvalue weighted by molar-refractivity contribution is 6.04. The highest BCUT2D eigenvalue weighted by atomic mass is 16.6. The molecule has 1 heterocycles. The molecule has 1 saturated heterocycles. The smallest absolute Gasteiger partial charge is 0.415 e. The SMILES string of the molecule is O=C(O)Cc1ccc(OCC2CCN(C(=O)Oc3ccc(NC(=O)c4ccccc4)cc3)CC2)cc1. The summed E-state index contributed by atoms with van der Waals surface area (Å²) in [5, 5.41) is 11.7. The van der Waals surface area contributed by atoms with Gasteiger partial charge in [-0.15, -0.1) is 0 Å². The number of likely N-dealkylation sites (tertiary alicyclic amines) is 1. The largest absolute Gasteiger partial charge is 0.493 e. The average Bonchev–Trinajstić information content (AvgIpc) is 2.90. The number of anilines is 1. The van der Waals surface area contributed by atoms with Crippen molar-refractivity contribution in [3.63, 3.8) is 0 Å². The topological polar surface area (TPSA) is 105 Å². The molecular weight excluding hydrogens is 460 g/mol. The zero-order valence-corrected chi connectivity index (χ0v) is 19.8. The van der Waals surface area contributed by atoms with Crippen LogP contribution in [-0.2, 0) is 11.2 Å². The Hall–Kier alpha value is -4.33. The van der Waals surface area contributed by atoms with E-state index in [-0.39, 0.29) is 12.3 Å². The van der Waals surface area contributed by atoms with Gasteiger partial charge in [0.1, 0.15) is 11.5 Å². The second kappa shape index (κ2) is 11.9. The summed E-state index contributed by atoms with van der Waals surface area (Å²) in [7, 11) is 0. The van der Waals surface area contributed by atoms with Gasteiger partial charge in [0.05, 0.1) is 13.0 Å². The Morgan fingerprint density at radius 3 is 2.14 bits per heavy atom. The molecule has 8 nitrogen and oxygen atoms in total. The molecule has 36 heavy (non-hydrogen) atoms. The maximum atomic E-state index is 12.6. The van der Waals surface area contributed by atoms with Gasteiger partial charge in [0.25, 0.3) is 5.91 Å². The lowest BCUT2D eigenvalue weighted by molar-refractivity contribution is -0.136. The third kappa shape index (κ3) is 7.09. The lowest BCUT2D eigenvalue weighted by Gasteiger charge is -2.31. The number of carbonyl (C=O) groups is 3. The molecule has 3 aromatic rings. The van der Waals surface area contributed by atoms with E-state index in [1.807, 2.05) is 6.07 Å². The highest BCUT2D eigenvalue weighted by Crippen LogP contribution is 2.22. The number of hydrogen-bond acceptors (Lipinski definition) is 5. The van der Waals surface area contributed by atoms with Gasteiger partial charge >= 0.3 is 12.1 Å². The van der Waals surface area contributed by atoms with E-state index in [4.69, 9.17) is 14.6 Å². The number of hydrogen-bond donors (Lipinski definition) is 2. The first kappa shape index (κ1) is 24.8. The predicted molar refractivity (Wildman–Crippen MR) is 134 cm³/mol. The Bertz CT molecular complexity index is 1170. The fourth-order valence-corrected chi connectivity index (χ4v) is 3.94. The first-order valence-corrected chi connectivity index (χ1v) is 11.8. The molecule has 0 saturated carbocycles. The van der Waals surface area contributed by atoms with Crippen molar-refractivity contribution in [3.05, 3.63) is 90.0 Å². The predicted octanol–water partition coefficient (Wildman–Crippen LogP) is 4.86. The van der Waals surface area contributed by atoms with Gasteiger partial charge in [-0.05, 0) is 72.9 Å². The number of carbonyl (C=O) groups excluding carboxylic acids is 2. The van der Waals surface area contributed by atoms with Crippen molar-refractivity contribution in [2.45, 2.75) is 19.3 Å². The standard InChI is InChI=1S/C28H28N2O6/c31-26(32)18-20-6-10-24(11-7-20)35-19-21-14-16-30(17-15-21)28(34)36-25-12-8-23(9-13-25)29-27(33)22-4-2-1-3-5-22/h1-13,21H,14-19H2,(H,29,33)(H,31,32). The van der Waals surface area contributed by atoms with Crippen LogP contribution in [0.25, 0.3) is 0 Å². The van der Waals surface area contributed by atoms with Crippen molar-refractivity contribution in [2.24, 2.45) is 5.92 Å². The second-order valence-corrected chi connectivity index (χ2v) is 8.67. The van der Waals surface area contributed by atoms with Crippen LogP contribution in [0, 0.1) is 5.92 Å². The third-order valence-corrected chi connectivity index (χ3v) is 5.99. The van der Waals surface area contributed by atoms with Gasteiger partial charge in [-0.2, -0.15) is 0 Å². The van der Waals surface area contributed by atoms with Crippen molar-refractivity contribution in [2.75, 3.05) is 25.0 Å². The van der Waals surface area contributed by atoms with Crippen molar-refractivity contribution in [1.82, 2.24) is 4.90 Å². The normalized spacial score (nSPS) is 13.6. The number of rotatable bonds is 8. The quantitative estimate of drug-likeness (QED) is 0.469. The summed E-state index contributed by atoms with van der Waals surface area (Å²) in [6.45, 7) is 1.70. The summed E-state index contributed by atoms with van der Waals surface area (Å²) in [5.74, 6) is 0.366. The van der Waals surface area contributed by atoms with Crippen LogP contribution < -0.4 is 14.8 Å². The maximum absolute atomic E-state index is 12.6. The first-order chi connectivity index (χ1) is 17.5. The molecule has 186 valence electrons. The highest BCUT2D eigenvalue weighted by Gasteiger charge is 2.24. The first-order valence-electron chi connectivity index (χ1n) is 11.8. The van der Waals surface area contributed by atoms with Gasteiger partial charge in [-0.1, -0.05) is 30.3 Å². The molecule has 2 amide bonds. The molecule has 0 radical (unpaired) electrons. The van der Waals surface area contributed by atoms with Gasteiger partial charge < -0.3 is 24.8 Å². The maximum Gasteiger partial charge on any atom is 0.415 e. The third-order valence-electron chi connectivity index (χ3n) is 5.99. The van der Waals surface area contributed by atoms with Crippen LogP contribution in [0.3, 0.4) is 0 Å². The van der Waals surface area contributed by atoms with Crippen LogP contribution in [0.15, 0.2) is 78.9 Å². The summed E-state index contributed by atoms with van der Waals surface area (Å²) < 4.78 is 11.4. The Morgan fingerprint density at radius 2 is 1.50 bits per heavy atom. The van der Waals surface area contributed by atoms with Crippen molar-refractivity contribution in [1.29, 1.82) is 0 Å². The van der Waals surface area contributed by atoms with Crippen molar-refractivity contribution >= 4 is 23.7 Å². The average molecular weight is 489 g/mol. The van der Waals surface area contributed by atoms with Gasteiger partial charge in [0.2, 0.25) is 0 Å². The zero-order chi connectivity index (χ0) is 25.3. The van der Waals surface area contributed by atoms with Gasteiger partial charge in [0.15, 0.2) is 0 Å². The van der Waals surface area contributed by atoms with E-state index < -0.39 is 12.1 Å². The molecule has 0 atom stereocenters. The fraction of sp³-hybridized carbons (Fsp3) is 0.250. The molecule has 0 spiro atoms. The van der Waals surface area contributed by atoms with Crippen LogP contribution >= 0.6 is 0 Å². The molecule has 1 aliphatic rings. The lowest BCUT2D eigenvalue weighted by Crippen LogP contribution is -2.41. The van der Waals surface area contributed by atoms with Crippen LogP contribution in [0.1, 0.15) is 28.8 Å². The van der Waals surface area contributed by atoms with E-state index in [1.165, 1.54) is 0 Å². The number of carboxylic acid groups (broad SMARTS) is 1. The number of nitrogens with zero attached hydrogens (tertiary/aromatic N) is 1. The zero-order valence-electron chi connectivity index (χ0n) is 19.8. The van der Waals surface area contributed by atoms with Crippen LogP contribution in [-0.4, -0.2) is 47.7 Å². The molecule has 0 aromatic heterocycles. The fourth-order valence-electron chi connectivity index (χ4n) is 3.94. The minimum atomic E-state index is -0.863. The Labute approximate surface area is 209 Å². The van der Waals surface area contributed by atoms with E-state index >= 15 is 0 Å². The molecule has 1 aliphatic heterocycles. The van der Waals surface area contributed by atoms with Gasteiger partial charge in [-0.3, -0.25) is 9.59 Å². The lowest BCUT2D eigenvalue weighted by atomic mass is 9.98. The van der Waals surface area contributed by atoms with Crippen molar-refractivity contribution < 1.29 is 29.0 Å². The number of benzene rings is 3. The van der Waals surface area contributed by atoms with Crippen LogP contribution in [0.4, 0.5) is 10.5 Å². The van der Waals surface area contributed by atoms with Gasteiger partial charge in [0, 0.05) is 24.3 Å². The number of amides is 2. The molecule has 4 rings (SSSR count). The van der Waals surface area contributed by atoms with Crippen molar-refractivity contribution in [3.8, 4) is 11.5 Å². The number of ether oxygens (including phenoxy) is 2. The van der Waals surface area contributed by atoms with E-state index in [9.17, 15) is 14.4 Å². The van der Waals surface area contributed by atoms with E-state index in [0.717, 1.165) is 18.4 Å². The number of aliphatic carboxylic acids is 1. The summed E-state index contributed by atoms with van der Waals surface area (Å²) in [6.07, 6.45) is 1.20. The summed E-state index contributed by atoms with van der Waals surface area (Å²) >= 11 is 0. The van der Waals surface area contributed by atoms with E-state index in [1.54, 1.807) is 77.7 Å². The molecule has 8 heteroatoms. The Kier molecular flexibility index (Phi) is 8.18. The number of piperidine rings is 1. The molecule has 0 unspecified atom stereocenters.